The molecule has 2 aromatic heterocycles. The summed E-state index contributed by atoms with van der Waals surface area (Å²) in [5.41, 5.74) is 1.50. The lowest BCUT2D eigenvalue weighted by atomic mass is 10.2. The maximum absolute atomic E-state index is 12.4. The molecule has 3 heterocycles. The first-order valence-corrected chi connectivity index (χ1v) is 8.70. The molecule has 0 saturated carbocycles. The molecule has 3 rings (SSSR count). The topological polar surface area (TPSA) is 64.0 Å². The van der Waals surface area contributed by atoms with Crippen molar-refractivity contribution in [2.75, 3.05) is 0 Å². The van der Waals surface area contributed by atoms with Crippen LogP contribution in [0.5, 0.6) is 0 Å². The maximum Gasteiger partial charge on any atom is 0.389 e. The first-order chi connectivity index (χ1) is 10.3. The van der Waals surface area contributed by atoms with Gasteiger partial charge in [0, 0.05) is 36.1 Å². The predicted molar refractivity (Wildman–Crippen MR) is 74.0 cm³/mol. The van der Waals surface area contributed by atoms with E-state index in [4.69, 9.17) is 0 Å². The van der Waals surface area contributed by atoms with Crippen molar-refractivity contribution >= 4 is 21.4 Å². The quantitative estimate of drug-likeness (QED) is 0.918. The number of hydrogen-bond donors (Lipinski definition) is 1. The lowest BCUT2D eigenvalue weighted by Gasteiger charge is -2.04. The molecule has 0 radical (unpaired) electrons. The number of nitrogens with one attached hydrogen (secondary N) is 1. The van der Waals surface area contributed by atoms with Gasteiger partial charge in [0.05, 0.1) is 5.69 Å². The van der Waals surface area contributed by atoms with Crippen LogP contribution >= 0.6 is 11.3 Å². The van der Waals surface area contributed by atoms with Crippen molar-refractivity contribution in [2.45, 2.75) is 36.3 Å². The summed E-state index contributed by atoms with van der Waals surface area (Å²) < 4.78 is 62.4. The van der Waals surface area contributed by atoms with E-state index in [1.165, 1.54) is 18.3 Å². The van der Waals surface area contributed by atoms with Crippen molar-refractivity contribution in [2.24, 2.45) is 0 Å². The second-order valence-corrected chi connectivity index (χ2v) is 8.11. The second kappa shape index (κ2) is 5.36. The highest BCUT2D eigenvalue weighted by molar-refractivity contribution is 7.91. The van der Waals surface area contributed by atoms with E-state index in [0.717, 1.165) is 21.0 Å². The van der Waals surface area contributed by atoms with E-state index in [-0.39, 0.29) is 10.6 Å². The molecule has 2 aromatic rings. The van der Waals surface area contributed by atoms with Crippen LogP contribution in [0.1, 0.15) is 22.6 Å². The zero-order chi connectivity index (χ0) is 16.0. The van der Waals surface area contributed by atoms with Gasteiger partial charge in [-0.25, -0.2) is 0 Å². The maximum atomic E-state index is 12.4. The molecule has 120 valence electrons. The van der Waals surface area contributed by atoms with E-state index < -0.39 is 22.6 Å². The molecule has 0 aromatic carbocycles. The molecule has 0 fully saturated rings. The van der Waals surface area contributed by atoms with Crippen LogP contribution in [-0.4, -0.2) is 23.8 Å². The van der Waals surface area contributed by atoms with Crippen LogP contribution in [0, 0.1) is 0 Å². The molecule has 0 saturated heterocycles. The molecule has 1 N–H and O–H groups in total. The molecule has 0 spiro atoms. The molecular weight excluding hydrogens is 339 g/mol. The number of thiophene rings is 1. The Balaban J connectivity index is 1.82. The Hall–Kier alpha value is -1.39. The lowest BCUT2D eigenvalue weighted by molar-refractivity contribution is -0.133. The minimum atomic E-state index is -4.25. The highest BCUT2D eigenvalue weighted by Crippen LogP contribution is 2.28. The fraction of sp³-hybridized carbons (Fsp3) is 0.417. The normalized spacial score (nSPS) is 15.2. The lowest BCUT2D eigenvalue weighted by Crippen LogP contribution is -2.14. The van der Waals surface area contributed by atoms with Crippen molar-refractivity contribution in [1.29, 1.82) is 0 Å². The zero-order valence-electron chi connectivity index (χ0n) is 11.2. The van der Waals surface area contributed by atoms with Crippen LogP contribution in [0.4, 0.5) is 13.2 Å². The first kappa shape index (κ1) is 15.5. The van der Waals surface area contributed by atoms with Crippen molar-refractivity contribution < 1.29 is 21.6 Å². The van der Waals surface area contributed by atoms with Crippen LogP contribution in [0.3, 0.4) is 0 Å². The number of halogens is 3. The van der Waals surface area contributed by atoms with Crippen LogP contribution in [0.25, 0.3) is 0 Å². The van der Waals surface area contributed by atoms with Gasteiger partial charge in [-0.3, -0.25) is 0 Å². The summed E-state index contributed by atoms with van der Waals surface area (Å²) in [7, 11) is -3.83. The molecule has 0 amide bonds. The van der Waals surface area contributed by atoms with Crippen molar-refractivity contribution in [1.82, 2.24) is 14.5 Å². The third kappa shape index (κ3) is 3.03. The zero-order valence-corrected chi connectivity index (χ0v) is 12.9. The molecule has 1 aliphatic rings. The second-order valence-electron chi connectivity index (χ2n) is 4.92. The van der Waals surface area contributed by atoms with E-state index in [1.54, 1.807) is 0 Å². The molecule has 1 aliphatic heterocycles. The Labute approximate surface area is 128 Å². The summed E-state index contributed by atoms with van der Waals surface area (Å²) >= 11 is 0.852. The predicted octanol–water partition coefficient (Wildman–Crippen LogP) is 2.28. The van der Waals surface area contributed by atoms with Gasteiger partial charge >= 0.3 is 6.18 Å². The van der Waals surface area contributed by atoms with Gasteiger partial charge in [0.2, 0.25) is 0 Å². The third-order valence-corrected chi connectivity index (χ3v) is 6.40. The first-order valence-electron chi connectivity index (χ1n) is 6.45. The van der Waals surface area contributed by atoms with Gasteiger partial charge in [-0.1, -0.05) is 0 Å². The van der Waals surface area contributed by atoms with E-state index in [2.05, 4.69) is 10.4 Å². The highest BCUT2D eigenvalue weighted by Gasteiger charge is 2.28. The number of nitrogens with zero attached hydrogens (tertiary/aromatic N) is 2. The monoisotopic (exact) mass is 351 g/mol. The Bertz CT molecular complexity index is 771. The van der Waals surface area contributed by atoms with Crippen molar-refractivity contribution in [3.05, 3.63) is 34.5 Å². The molecule has 5 nitrogen and oxygen atoms in total. The fourth-order valence-corrected chi connectivity index (χ4v) is 4.75. The molecule has 0 aliphatic carbocycles. The number of rotatable bonds is 4. The van der Waals surface area contributed by atoms with E-state index in [9.17, 15) is 21.6 Å². The minimum absolute atomic E-state index is 0.00110. The molecule has 0 unspecified atom stereocenters. The standard InChI is InChI=1S/C12H12F3N3O2S2/c13-12(14,15)4-3-9-1-2-11(21-9)22(19,20)18-7-8-5-16-6-10(8)17-18/h1-2,7,16H,3-6H2. The molecule has 0 atom stereocenters. The van der Waals surface area contributed by atoms with Crippen LogP contribution in [-0.2, 0) is 29.5 Å². The number of fused-ring (bicyclic) bond motifs is 1. The molecule has 22 heavy (non-hydrogen) atoms. The fourth-order valence-electron chi connectivity index (χ4n) is 2.14. The summed E-state index contributed by atoms with van der Waals surface area (Å²) in [5.74, 6) is 0. The van der Waals surface area contributed by atoms with Crippen LogP contribution in [0.15, 0.2) is 22.5 Å². The smallest absolute Gasteiger partial charge is 0.307 e. The van der Waals surface area contributed by atoms with Gasteiger partial charge in [0.1, 0.15) is 4.21 Å². The number of aryl methyl sites for hydroxylation is 1. The third-order valence-electron chi connectivity index (χ3n) is 3.26. The number of hydrogen-bond acceptors (Lipinski definition) is 5. The Kier molecular flexibility index (Phi) is 3.77. The summed E-state index contributed by atoms with van der Waals surface area (Å²) in [4.78, 5) is 0.386. The van der Waals surface area contributed by atoms with Gasteiger partial charge in [-0.05, 0) is 18.6 Å². The molecule has 10 heteroatoms. The van der Waals surface area contributed by atoms with Gasteiger partial charge in [0.25, 0.3) is 10.0 Å². The van der Waals surface area contributed by atoms with E-state index in [1.807, 2.05) is 0 Å². The van der Waals surface area contributed by atoms with Gasteiger partial charge in [-0.2, -0.15) is 30.8 Å². The average molecular weight is 351 g/mol. The Morgan fingerprint density at radius 1 is 1.32 bits per heavy atom. The van der Waals surface area contributed by atoms with Gasteiger partial charge in [-0.15, -0.1) is 11.3 Å². The SMILES string of the molecule is O=S(=O)(c1ccc(CCC(F)(F)F)s1)n1cc2c(n1)CNC2. The van der Waals surface area contributed by atoms with Crippen LogP contribution in [0.2, 0.25) is 0 Å². The average Bonchev–Trinajstić information content (AvgIpc) is 3.10. The Morgan fingerprint density at radius 3 is 2.77 bits per heavy atom. The summed E-state index contributed by atoms with van der Waals surface area (Å²) in [6.07, 6.45) is -3.99. The highest BCUT2D eigenvalue weighted by atomic mass is 32.2. The van der Waals surface area contributed by atoms with Crippen molar-refractivity contribution in [3.63, 3.8) is 0 Å². The van der Waals surface area contributed by atoms with E-state index >= 15 is 0 Å². The number of aromatic nitrogens is 2. The summed E-state index contributed by atoms with van der Waals surface area (Å²) in [6.45, 7) is 1.07. The Morgan fingerprint density at radius 2 is 2.09 bits per heavy atom. The van der Waals surface area contributed by atoms with Gasteiger partial charge < -0.3 is 5.32 Å². The van der Waals surface area contributed by atoms with Crippen LogP contribution < -0.4 is 5.32 Å². The number of alkyl halides is 3. The molecule has 0 bridgehead atoms. The van der Waals surface area contributed by atoms with E-state index in [0.29, 0.717) is 23.7 Å². The summed E-state index contributed by atoms with van der Waals surface area (Å²) in [5, 5.41) is 7.07. The largest absolute Gasteiger partial charge is 0.389 e. The minimum Gasteiger partial charge on any atom is -0.307 e. The summed E-state index contributed by atoms with van der Waals surface area (Å²) in [6, 6.07) is 2.75. The van der Waals surface area contributed by atoms with Crippen molar-refractivity contribution in [3.8, 4) is 0 Å². The molecular formula is C12H12F3N3O2S2. The van der Waals surface area contributed by atoms with Gasteiger partial charge in [0.15, 0.2) is 0 Å².